The summed E-state index contributed by atoms with van der Waals surface area (Å²) < 4.78 is 5.85. The molecule has 0 spiro atoms. The number of hydrogen-bond acceptors (Lipinski definition) is 3. The zero-order chi connectivity index (χ0) is 15.5. The average Bonchev–Trinajstić information content (AvgIpc) is 2.57. The summed E-state index contributed by atoms with van der Waals surface area (Å²) in [4.78, 5) is 0. The SMILES string of the molecule is CCNCCCNCc1cccc(OCc2ccccc2)c1.Cl.Cl. The number of rotatable bonds is 10. The van der Waals surface area contributed by atoms with Crippen molar-refractivity contribution < 1.29 is 4.74 Å². The van der Waals surface area contributed by atoms with E-state index in [1.165, 1.54) is 11.1 Å². The Labute approximate surface area is 158 Å². The summed E-state index contributed by atoms with van der Waals surface area (Å²) in [6, 6.07) is 18.6. The molecule has 0 aliphatic carbocycles. The van der Waals surface area contributed by atoms with Crippen LogP contribution in [0.25, 0.3) is 0 Å². The molecule has 0 aliphatic heterocycles. The zero-order valence-electron chi connectivity index (χ0n) is 14.2. The van der Waals surface area contributed by atoms with Crippen molar-refractivity contribution in [3.8, 4) is 5.75 Å². The van der Waals surface area contributed by atoms with E-state index >= 15 is 0 Å². The Morgan fingerprint density at radius 2 is 1.54 bits per heavy atom. The van der Waals surface area contributed by atoms with E-state index in [0.717, 1.165) is 38.3 Å². The van der Waals surface area contributed by atoms with E-state index in [0.29, 0.717) is 6.61 Å². The maximum Gasteiger partial charge on any atom is 0.120 e. The minimum atomic E-state index is 0. The molecule has 0 radical (unpaired) electrons. The van der Waals surface area contributed by atoms with Crippen LogP contribution in [0.1, 0.15) is 24.5 Å². The number of benzene rings is 2. The Bertz CT molecular complexity index is 538. The third kappa shape index (κ3) is 9.14. The van der Waals surface area contributed by atoms with Gasteiger partial charge >= 0.3 is 0 Å². The van der Waals surface area contributed by atoms with Gasteiger partial charge < -0.3 is 15.4 Å². The Hall–Kier alpha value is -1.26. The summed E-state index contributed by atoms with van der Waals surface area (Å²) in [5.74, 6) is 0.927. The second kappa shape index (κ2) is 14.1. The number of nitrogens with one attached hydrogen (secondary N) is 2. The highest BCUT2D eigenvalue weighted by molar-refractivity contribution is 5.85. The van der Waals surface area contributed by atoms with Gasteiger partial charge in [0.2, 0.25) is 0 Å². The molecule has 0 unspecified atom stereocenters. The van der Waals surface area contributed by atoms with Crippen LogP contribution in [-0.2, 0) is 13.2 Å². The zero-order valence-corrected chi connectivity index (χ0v) is 15.8. The molecule has 0 bridgehead atoms. The molecule has 134 valence electrons. The van der Waals surface area contributed by atoms with Gasteiger partial charge in [0.05, 0.1) is 0 Å². The summed E-state index contributed by atoms with van der Waals surface area (Å²) in [5.41, 5.74) is 2.45. The van der Waals surface area contributed by atoms with E-state index < -0.39 is 0 Å². The molecule has 2 rings (SSSR count). The molecule has 0 fully saturated rings. The van der Waals surface area contributed by atoms with Gasteiger partial charge in [0.1, 0.15) is 12.4 Å². The van der Waals surface area contributed by atoms with Crippen LogP contribution >= 0.6 is 24.8 Å². The van der Waals surface area contributed by atoms with Gasteiger partial charge in [-0.15, -0.1) is 24.8 Å². The lowest BCUT2D eigenvalue weighted by atomic mass is 10.2. The average molecular weight is 371 g/mol. The summed E-state index contributed by atoms with van der Waals surface area (Å²) in [6.07, 6.45) is 1.15. The van der Waals surface area contributed by atoms with Gasteiger partial charge in [0.15, 0.2) is 0 Å². The first-order valence-electron chi connectivity index (χ1n) is 8.05. The molecule has 24 heavy (non-hydrogen) atoms. The first-order valence-corrected chi connectivity index (χ1v) is 8.05. The maximum atomic E-state index is 5.85. The van der Waals surface area contributed by atoms with Crippen LogP contribution in [0.5, 0.6) is 5.75 Å². The molecule has 0 saturated carbocycles. The highest BCUT2D eigenvalue weighted by Crippen LogP contribution is 2.15. The fourth-order valence-electron chi connectivity index (χ4n) is 2.23. The highest BCUT2D eigenvalue weighted by atomic mass is 35.5. The van der Waals surface area contributed by atoms with Crippen molar-refractivity contribution in [2.24, 2.45) is 0 Å². The van der Waals surface area contributed by atoms with E-state index in [1.54, 1.807) is 0 Å². The summed E-state index contributed by atoms with van der Waals surface area (Å²) in [5, 5.41) is 6.79. The standard InChI is InChI=1S/C19H26N2O.2ClH/c1-2-20-12-7-13-21-15-18-10-6-11-19(14-18)22-16-17-8-4-3-5-9-17;;/h3-6,8-11,14,20-21H,2,7,12-13,15-16H2,1H3;2*1H. The molecule has 2 aromatic rings. The molecule has 0 amide bonds. The molecule has 0 aliphatic rings. The second-order valence-corrected chi connectivity index (χ2v) is 5.31. The fraction of sp³-hybridized carbons (Fsp3) is 0.368. The number of hydrogen-bond donors (Lipinski definition) is 2. The first-order chi connectivity index (χ1) is 10.9. The van der Waals surface area contributed by atoms with Gasteiger partial charge in [-0.05, 0) is 49.3 Å². The van der Waals surface area contributed by atoms with Crippen molar-refractivity contribution in [1.29, 1.82) is 0 Å². The van der Waals surface area contributed by atoms with E-state index in [1.807, 2.05) is 24.3 Å². The van der Waals surface area contributed by atoms with Crippen LogP contribution in [0, 0.1) is 0 Å². The van der Waals surface area contributed by atoms with Crippen LogP contribution in [0.3, 0.4) is 0 Å². The molecule has 3 nitrogen and oxygen atoms in total. The first kappa shape index (κ1) is 22.7. The second-order valence-electron chi connectivity index (χ2n) is 5.31. The predicted octanol–water partition coefficient (Wildman–Crippen LogP) is 4.20. The van der Waals surface area contributed by atoms with Gasteiger partial charge in [-0.3, -0.25) is 0 Å². The lowest BCUT2D eigenvalue weighted by Gasteiger charge is -2.09. The topological polar surface area (TPSA) is 33.3 Å². The fourth-order valence-corrected chi connectivity index (χ4v) is 2.23. The summed E-state index contributed by atoms with van der Waals surface area (Å²) in [7, 11) is 0. The van der Waals surface area contributed by atoms with Crippen molar-refractivity contribution in [2.45, 2.75) is 26.5 Å². The van der Waals surface area contributed by atoms with Crippen molar-refractivity contribution in [1.82, 2.24) is 10.6 Å². The van der Waals surface area contributed by atoms with Crippen LogP contribution in [0.4, 0.5) is 0 Å². The minimum Gasteiger partial charge on any atom is -0.489 e. The van der Waals surface area contributed by atoms with Crippen LogP contribution < -0.4 is 15.4 Å². The third-order valence-corrected chi connectivity index (χ3v) is 3.43. The molecule has 2 N–H and O–H groups in total. The predicted molar refractivity (Wildman–Crippen MR) is 107 cm³/mol. The third-order valence-electron chi connectivity index (χ3n) is 3.43. The largest absolute Gasteiger partial charge is 0.489 e. The van der Waals surface area contributed by atoms with Gasteiger partial charge in [0, 0.05) is 6.54 Å². The van der Waals surface area contributed by atoms with Crippen LogP contribution in [0.2, 0.25) is 0 Å². The summed E-state index contributed by atoms with van der Waals surface area (Å²) in [6.45, 7) is 6.77. The summed E-state index contributed by atoms with van der Waals surface area (Å²) >= 11 is 0. The van der Waals surface area contributed by atoms with Gasteiger partial charge in [-0.1, -0.05) is 49.4 Å². The van der Waals surface area contributed by atoms with Crippen LogP contribution in [0.15, 0.2) is 54.6 Å². The molecule has 0 atom stereocenters. The number of halogens is 2. The molecule has 2 aromatic carbocycles. The lowest BCUT2D eigenvalue weighted by Crippen LogP contribution is -2.21. The van der Waals surface area contributed by atoms with E-state index in [2.05, 4.69) is 47.9 Å². The monoisotopic (exact) mass is 370 g/mol. The van der Waals surface area contributed by atoms with Crippen molar-refractivity contribution in [3.63, 3.8) is 0 Å². The maximum absolute atomic E-state index is 5.85. The van der Waals surface area contributed by atoms with Gasteiger partial charge in [0.25, 0.3) is 0 Å². The van der Waals surface area contributed by atoms with Crippen molar-refractivity contribution in [2.75, 3.05) is 19.6 Å². The van der Waals surface area contributed by atoms with Gasteiger partial charge in [-0.2, -0.15) is 0 Å². The Balaban J connectivity index is 0.00000264. The van der Waals surface area contributed by atoms with Crippen molar-refractivity contribution in [3.05, 3.63) is 65.7 Å². The van der Waals surface area contributed by atoms with E-state index in [-0.39, 0.29) is 24.8 Å². The minimum absolute atomic E-state index is 0. The number of ether oxygens (including phenoxy) is 1. The van der Waals surface area contributed by atoms with Crippen LogP contribution in [-0.4, -0.2) is 19.6 Å². The Morgan fingerprint density at radius 3 is 2.29 bits per heavy atom. The molecule has 0 saturated heterocycles. The quantitative estimate of drug-likeness (QED) is 0.614. The normalized spacial score (nSPS) is 9.71. The van der Waals surface area contributed by atoms with E-state index in [9.17, 15) is 0 Å². The Morgan fingerprint density at radius 1 is 0.833 bits per heavy atom. The lowest BCUT2D eigenvalue weighted by molar-refractivity contribution is 0.306. The van der Waals surface area contributed by atoms with E-state index in [4.69, 9.17) is 4.74 Å². The molecular weight excluding hydrogens is 343 g/mol. The van der Waals surface area contributed by atoms with Gasteiger partial charge in [-0.25, -0.2) is 0 Å². The molecular formula is C19H28Cl2N2O. The molecule has 0 aromatic heterocycles. The Kier molecular flexibility index (Phi) is 13.4. The highest BCUT2D eigenvalue weighted by Gasteiger charge is 1.98. The molecule has 5 heteroatoms. The molecule has 0 heterocycles. The smallest absolute Gasteiger partial charge is 0.120 e. The van der Waals surface area contributed by atoms with Crippen molar-refractivity contribution >= 4 is 24.8 Å².